The number of hydrogen-bond acceptors (Lipinski definition) is 4. The largest absolute Gasteiger partial charge is 0.394 e. The number of anilines is 1. The van der Waals surface area contributed by atoms with Crippen molar-refractivity contribution in [2.24, 2.45) is 0 Å². The lowest BCUT2D eigenvalue weighted by atomic mass is 10.1. The Labute approximate surface area is 134 Å². The van der Waals surface area contributed by atoms with Crippen LogP contribution in [0.5, 0.6) is 0 Å². The molecule has 0 saturated heterocycles. The summed E-state index contributed by atoms with van der Waals surface area (Å²) in [6.07, 6.45) is 0. The number of halogens is 1. The third-order valence-corrected chi connectivity index (χ3v) is 5.18. The van der Waals surface area contributed by atoms with E-state index in [4.69, 9.17) is 0 Å². The summed E-state index contributed by atoms with van der Waals surface area (Å²) in [6.45, 7) is 0.949. The number of nitrogens with zero attached hydrogens (tertiary/aromatic N) is 2. The molecule has 120 valence electrons. The minimum atomic E-state index is -4.11. The molecule has 23 heavy (non-hydrogen) atoms. The molecule has 0 heterocycles. The summed E-state index contributed by atoms with van der Waals surface area (Å²) < 4.78 is 40.1. The van der Waals surface area contributed by atoms with Gasteiger partial charge in [0.25, 0.3) is 10.0 Å². The maximum Gasteiger partial charge on any atom is 0.265 e. The first-order chi connectivity index (χ1) is 10.9. The van der Waals surface area contributed by atoms with E-state index in [0.717, 1.165) is 10.4 Å². The number of aryl methyl sites for hydroxylation is 1. The van der Waals surface area contributed by atoms with Gasteiger partial charge in [0.2, 0.25) is 0 Å². The van der Waals surface area contributed by atoms with Gasteiger partial charge in [0.05, 0.1) is 24.4 Å². The molecular formula is C16H15FN2O3S. The molecule has 0 aromatic heterocycles. The number of aliphatic hydroxyl groups excluding tert-OH is 1. The van der Waals surface area contributed by atoms with Gasteiger partial charge in [-0.15, -0.1) is 0 Å². The predicted molar refractivity (Wildman–Crippen MR) is 83.9 cm³/mol. The van der Waals surface area contributed by atoms with Gasteiger partial charge < -0.3 is 5.11 Å². The van der Waals surface area contributed by atoms with Crippen LogP contribution < -0.4 is 4.31 Å². The van der Waals surface area contributed by atoms with Gasteiger partial charge in [-0.1, -0.05) is 18.2 Å². The van der Waals surface area contributed by atoms with Crippen molar-refractivity contribution in [3.05, 3.63) is 59.4 Å². The van der Waals surface area contributed by atoms with Crippen LogP contribution in [0.15, 0.2) is 47.4 Å². The molecule has 0 fully saturated rings. The van der Waals surface area contributed by atoms with Gasteiger partial charge in [-0.2, -0.15) is 5.26 Å². The van der Waals surface area contributed by atoms with E-state index in [1.54, 1.807) is 13.0 Å². The molecule has 0 aliphatic carbocycles. The number of sulfonamides is 1. The van der Waals surface area contributed by atoms with Gasteiger partial charge in [-0.3, -0.25) is 4.31 Å². The highest BCUT2D eigenvalue weighted by molar-refractivity contribution is 7.92. The lowest BCUT2D eigenvalue weighted by Gasteiger charge is -2.24. The zero-order chi connectivity index (χ0) is 17.0. The molecule has 0 aliphatic heterocycles. The Morgan fingerprint density at radius 1 is 1.26 bits per heavy atom. The van der Waals surface area contributed by atoms with E-state index >= 15 is 0 Å². The zero-order valence-electron chi connectivity index (χ0n) is 12.4. The van der Waals surface area contributed by atoms with Crippen LogP contribution in [-0.2, 0) is 10.0 Å². The summed E-state index contributed by atoms with van der Waals surface area (Å²) in [7, 11) is -4.11. The Morgan fingerprint density at radius 2 is 1.96 bits per heavy atom. The van der Waals surface area contributed by atoms with E-state index in [9.17, 15) is 23.2 Å². The van der Waals surface area contributed by atoms with E-state index in [-0.39, 0.29) is 22.7 Å². The minimum Gasteiger partial charge on any atom is -0.394 e. The van der Waals surface area contributed by atoms with Crippen LogP contribution in [-0.4, -0.2) is 26.7 Å². The second kappa shape index (κ2) is 6.77. The highest BCUT2D eigenvalue weighted by atomic mass is 32.2. The van der Waals surface area contributed by atoms with Gasteiger partial charge >= 0.3 is 0 Å². The van der Waals surface area contributed by atoms with Crippen LogP contribution in [0.3, 0.4) is 0 Å². The van der Waals surface area contributed by atoms with Crippen LogP contribution in [0.2, 0.25) is 0 Å². The normalized spacial score (nSPS) is 11.0. The number of benzene rings is 2. The molecule has 0 unspecified atom stereocenters. The Bertz CT molecular complexity index is 860. The molecule has 1 N–H and O–H groups in total. The monoisotopic (exact) mass is 334 g/mol. The first-order valence-electron chi connectivity index (χ1n) is 6.80. The van der Waals surface area contributed by atoms with Crippen LogP contribution in [0.1, 0.15) is 11.1 Å². The maximum atomic E-state index is 13.4. The van der Waals surface area contributed by atoms with Gasteiger partial charge in [0, 0.05) is 0 Å². The fourth-order valence-electron chi connectivity index (χ4n) is 2.23. The van der Waals surface area contributed by atoms with Crippen molar-refractivity contribution >= 4 is 15.7 Å². The molecule has 0 radical (unpaired) electrons. The molecule has 0 atom stereocenters. The molecule has 0 saturated carbocycles. The standard InChI is InChI=1S/C16H15FN2O3S/c1-12-4-2-7-16(15(12)11-18)23(21,22)19(8-9-20)14-6-3-5-13(17)10-14/h2-7,10,20H,8-9H2,1H3. The first-order valence-corrected chi connectivity index (χ1v) is 8.24. The van der Waals surface area contributed by atoms with E-state index in [0.29, 0.717) is 5.56 Å². The van der Waals surface area contributed by atoms with E-state index in [1.807, 2.05) is 6.07 Å². The Hall–Kier alpha value is -2.43. The minimum absolute atomic E-state index is 0.0341. The summed E-state index contributed by atoms with van der Waals surface area (Å²) >= 11 is 0. The molecular weight excluding hydrogens is 319 g/mol. The highest BCUT2D eigenvalue weighted by Gasteiger charge is 2.28. The quantitative estimate of drug-likeness (QED) is 0.909. The molecule has 0 amide bonds. The van der Waals surface area contributed by atoms with Crippen molar-refractivity contribution in [3.8, 4) is 6.07 Å². The second-order valence-electron chi connectivity index (χ2n) is 4.84. The molecule has 0 aliphatic rings. The van der Waals surface area contributed by atoms with Crippen LogP contribution in [0, 0.1) is 24.1 Å². The van der Waals surface area contributed by atoms with E-state index in [1.165, 1.54) is 30.3 Å². The third-order valence-electron chi connectivity index (χ3n) is 3.31. The highest BCUT2D eigenvalue weighted by Crippen LogP contribution is 2.27. The lowest BCUT2D eigenvalue weighted by molar-refractivity contribution is 0.306. The zero-order valence-corrected chi connectivity index (χ0v) is 13.2. The molecule has 2 rings (SSSR count). The van der Waals surface area contributed by atoms with Crippen molar-refractivity contribution in [1.29, 1.82) is 5.26 Å². The lowest BCUT2D eigenvalue weighted by Crippen LogP contribution is -2.34. The number of aliphatic hydroxyl groups is 1. The van der Waals surface area contributed by atoms with Crippen molar-refractivity contribution in [1.82, 2.24) is 0 Å². The predicted octanol–water partition coefficient (Wildman–Crippen LogP) is 2.19. The SMILES string of the molecule is Cc1cccc(S(=O)(=O)N(CCO)c2cccc(F)c2)c1C#N. The van der Waals surface area contributed by atoms with Crippen molar-refractivity contribution in [3.63, 3.8) is 0 Å². The molecule has 5 nitrogen and oxygen atoms in total. The van der Waals surface area contributed by atoms with Crippen LogP contribution in [0.25, 0.3) is 0 Å². The Morgan fingerprint density at radius 3 is 2.57 bits per heavy atom. The number of nitriles is 1. The fraction of sp³-hybridized carbons (Fsp3) is 0.188. The van der Waals surface area contributed by atoms with Crippen molar-refractivity contribution in [2.75, 3.05) is 17.5 Å². The number of rotatable bonds is 5. The fourth-order valence-corrected chi connectivity index (χ4v) is 3.89. The van der Waals surface area contributed by atoms with Crippen molar-refractivity contribution < 1.29 is 17.9 Å². The molecule has 2 aromatic carbocycles. The molecule has 0 bridgehead atoms. The van der Waals surface area contributed by atoms with Gasteiger partial charge in [0.15, 0.2) is 0 Å². The number of hydrogen-bond donors (Lipinski definition) is 1. The van der Waals surface area contributed by atoms with E-state index < -0.39 is 22.4 Å². The van der Waals surface area contributed by atoms with Crippen LogP contribution in [0.4, 0.5) is 10.1 Å². The summed E-state index contributed by atoms with van der Waals surface area (Å²) in [4.78, 5) is -0.169. The average Bonchev–Trinajstić information content (AvgIpc) is 2.52. The Kier molecular flexibility index (Phi) is 4.98. The van der Waals surface area contributed by atoms with Gasteiger partial charge in [-0.25, -0.2) is 12.8 Å². The summed E-state index contributed by atoms with van der Waals surface area (Å²) in [5, 5.41) is 18.4. The van der Waals surface area contributed by atoms with Crippen molar-refractivity contribution in [2.45, 2.75) is 11.8 Å². The Balaban J connectivity index is 2.64. The molecule has 0 spiro atoms. The summed E-state index contributed by atoms with van der Waals surface area (Å²) in [5.74, 6) is -0.592. The second-order valence-corrected chi connectivity index (χ2v) is 6.67. The summed E-state index contributed by atoms with van der Waals surface area (Å²) in [6, 6.07) is 11.4. The van der Waals surface area contributed by atoms with Crippen LogP contribution >= 0.6 is 0 Å². The third kappa shape index (κ3) is 3.33. The van der Waals surface area contributed by atoms with Gasteiger partial charge in [0.1, 0.15) is 16.8 Å². The molecule has 7 heteroatoms. The van der Waals surface area contributed by atoms with Gasteiger partial charge in [-0.05, 0) is 36.8 Å². The topological polar surface area (TPSA) is 81.4 Å². The smallest absolute Gasteiger partial charge is 0.265 e. The van der Waals surface area contributed by atoms with E-state index in [2.05, 4.69) is 0 Å². The first kappa shape index (κ1) is 16.9. The molecule has 2 aromatic rings. The summed E-state index contributed by atoms with van der Waals surface area (Å²) in [5.41, 5.74) is 0.646. The average molecular weight is 334 g/mol. The maximum absolute atomic E-state index is 13.4.